The average molecular weight is 255 g/mol. The first-order valence-corrected chi connectivity index (χ1v) is 6.99. The summed E-state index contributed by atoms with van der Waals surface area (Å²) in [5.74, 6) is -0.140. The number of carbonyl (C=O) groups excluding carboxylic acids is 1. The van der Waals surface area contributed by atoms with Gasteiger partial charge in [-0.3, -0.25) is 4.79 Å². The molecule has 4 heteroatoms. The van der Waals surface area contributed by atoms with Crippen LogP contribution in [-0.2, 0) is 14.3 Å². The third-order valence-electron chi connectivity index (χ3n) is 3.67. The van der Waals surface area contributed by atoms with E-state index in [0.29, 0.717) is 6.42 Å². The van der Waals surface area contributed by atoms with Gasteiger partial charge in [0.05, 0.1) is 18.1 Å². The third kappa shape index (κ3) is 3.69. The van der Waals surface area contributed by atoms with Gasteiger partial charge < -0.3 is 14.8 Å². The maximum Gasteiger partial charge on any atom is 0.308 e. The Morgan fingerprint density at radius 3 is 2.61 bits per heavy atom. The Labute approximate surface area is 109 Å². The van der Waals surface area contributed by atoms with E-state index in [-0.39, 0.29) is 17.7 Å². The third-order valence-corrected chi connectivity index (χ3v) is 3.67. The van der Waals surface area contributed by atoms with E-state index >= 15 is 0 Å². The van der Waals surface area contributed by atoms with Gasteiger partial charge in [0, 0.05) is 0 Å². The topological polar surface area (TPSA) is 47.6 Å². The lowest BCUT2D eigenvalue weighted by Crippen LogP contribution is -2.42. The molecule has 2 fully saturated rings. The molecular formula is C14H25NO3. The van der Waals surface area contributed by atoms with Gasteiger partial charge in [0.15, 0.2) is 0 Å². The molecule has 1 N–H and O–H groups in total. The van der Waals surface area contributed by atoms with E-state index in [4.69, 9.17) is 9.47 Å². The SMILES string of the molecule is CC(C)(C)OC(=O)CC1CCC2(CCNCC2)O1. The Morgan fingerprint density at radius 2 is 2.00 bits per heavy atom. The second kappa shape index (κ2) is 5.17. The van der Waals surface area contributed by atoms with Crippen LogP contribution in [-0.4, -0.2) is 36.4 Å². The highest BCUT2D eigenvalue weighted by molar-refractivity contribution is 5.70. The second-order valence-electron chi connectivity index (χ2n) is 6.50. The van der Waals surface area contributed by atoms with Crippen LogP contribution in [0.25, 0.3) is 0 Å². The first-order chi connectivity index (χ1) is 8.39. The Morgan fingerprint density at radius 1 is 1.33 bits per heavy atom. The van der Waals surface area contributed by atoms with Gasteiger partial charge in [-0.1, -0.05) is 0 Å². The fourth-order valence-corrected chi connectivity index (χ4v) is 2.86. The number of piperidine rings is 1. The van der Waals surface area contributed by atoms with Crippen molar-refractivity contribution in [1.29, 1.82) is 0 Å². The molecule has 0 aromatic heterocycles. The van der Waals surface area contributed by atoms with Crippen molar-refractivity contribution in [3.63, 3.8) is 0 Å². The molecule has 0 aliphatic carbocycles. The van der Waals surface area contributed by atoms with Crippen LogP contribution < -0.4 is 5.32 Å². The summed E-state index contributed by atoms with van der Waals surface area (Å²) >= 11 is 0. The molecule has 4 nitrogen and oxygen atoms in total. The maximum absolute atomic E-state index is 11.8. The van der Waals surface area contributed by atoms with E-state index in [1.165, 1.54) is 0 Å². The normalized spacial score (nSPS) is 27.4. The van der Waals surface area contributed by atoms with Gasteiger partial charge in [0.25, 0.3) is 0 Å². The molecule has 0 radical (unpaired) electrons. The number of carbonyl (C=O) groups is 1. The predicted octanol–water partition coefficient (Wildman–Crippen LogP) is 2.02. The Balaban J connectivity index is 1.80. The summed E-state index contributed by atoms with van der Waals surface area (Å²) in [6.07, 6.45) is 4.65. The van der Waals surface area contributed by atoms with E-state index in [1.807, 2.05) is 20.8 Å². The lowest BCUT2D eigenvalue weighted by molar-refractivity contribution is -0.159. The van der Waals surface area contributed by atoms with Crippen molar-refractivity contribution in [3.05, 3.63) is 0 Å². The molecule has 1 atom stereocenters. The second-order valence-corrected chi connectivity index (χ2v) is 6.50. The molecule has 18 heavy (non-hydrogen) atoms. The molecule has 0 saturated carbocycles. The summed E-state index contributed by atoms with van der Waals surface area (Å²) in [5, 5.41) is 3.35. The summed E-state index contributed by atoms with van der Waals surface area (Å²) < 4.78 is 11.5. The smallest absolute Gasteiger partial charge is 0.308 e. The summed E-state index contributed by atoms with van der Waals surface area (Å²) in [5.41, 5.74) is -0.361. The van der Waals surface area contributed by atoms with Crippen LogP contribution in [0.4, 0.5) is 0 Å². The van der Waals surface area contributed by atoms with Crippen molar-refractivity contribution in [2.24, 2.45) is 0 Å². The lowest BCUT2D eigenvalue weighted by atomic mass is 9.89. The van der Waals surface area contributed by atoms with Crippen molar-refractivity contribution in [1.82, 2.24) is 5.32 Å². The van der Waals surface area contributed by atoms with Crippen LogP contribution in [0.5, 0.6) is 0 Å². The zero-order valence-electron chi connectivity index (χ0n) is 11.8. The highest BCUT2D eigenvalue weighted by Gasteiger charge is 2.41. The Hall–Kier alpha value is -0.610. The summed E-state index contributed by atoms with van der Waals surface area (Å²) in [7, 11) is 0. The molecule has 0 aromatic carbocycles. The largest absolute Gasteiger partial charge is 0.460 e. The quantitative estimate of drug-likeness (QED) is 0.767. The number of nitrogens with one attached hydrogen (secondary N) is 1. The minimum absolute atomic E-state index is 0.0396. The van der Waals surface area contributed by atoms with Gasteiger partial charge >= 0.3 is 5.97 Å². The number of ether oxygens (including phenoxy) is 2. The molecule has 104 valence electrons. The van der Waals surface area contributed by atoms with Gasteiger partial charge in [-0.2, -0.15) is 0 Å². The molecule has 0 bridgehead atoms. The monoisotopic (exact) mass is 255 g/mol. The van der Waals surface area contributed by atoms with Crippen molar-refractivity contribution < 1.29 is 14.3 Å². The minimum atomic E-state index is -0.401. The standard InChI is InChI=1S/C14H25NO3/c1-13(2,3)18-12(16)10-11-4-5-14(17-11)6-8-15-9-7-14/h11,15H,4-10H2,1-3H3. The molecule has 1 unspecified atom stereocenters. The van der Waals surface area contributed by atoms with E-state index in [0.717, 1.165) is 38.8 Å². The number of hydrogen-bond donors (Lipinski definition) is 1. The number of esters is 1. The lowest BCUT2D eigenvalue weighted by Gasteiger charge is -2.33. The minimum Gasteiger partial charge on any atom is -0.460 e. The zero-order valence-corrected chi connectivity index (χ0v) is 11.8. The molecule has 2 saturated heterocycles. The highest BCUT2D eigenvalue weighted by Crippen LogP contribution is 2.38. The fourth-order valence-electron chi connectivity index (χ4n) is 2.86. The van der Waals surface area contributed by atoms with Crippen LogP contribution in [0.2, 0.25) is 0 Å². The molecule has 2 aliphatic rings. The van der Waals surface area contributed by atoms with Crippen molar-refractivity contribution in [3.8, 4) is 0 Å². The highest BCUT2D eigenvalue weighted by atomic mass is 16.6. The van der Waals surface area contributed by atoms with Crippen LogP contribution >= 0.6 is 0 Å². The van der Waals surface area contributed by atoms with Gasteiger partial charge in [-0.25, -0.2) is 0 Å². The van der Waals surface area contributed by atoms with Crippen molar-refractivity contribution in [2.45, 2.75) is 70.2 Å². The Bertz CT molecular complexity index is 303. The van der Waals surface area contributed by atoms with Crippen LogP contribution in [0.1, 0.15) is 52.9 Å². The van der Waals surface area contributed by atoms with Crippen LogP contribution in [0.3, 0.4) is 0 Å². The molecule has 0 amide bonds. The van der Waals surface area contributed by atoms with Gasteiger partial charge in [-0.05, 0) is 59.5 Å². The van der Waals surface area contributed by atoms with Gasteiger partial charge in [0.2, 0.25) is 0 Å². The molecule has 2 aliphatic heterocycles. The zero-order chi connectivity index (χ0) is 13.2. The maximum atomic E-state index is 11.8. The van der Waals surface area contributed by atoms with Gasteiger partial charge in [0.1, 0.15) is 5.60 Å². The molecular weight excluding hydrogens is 230 g/mol. The van der Waals surface area contributed by atoms with E-state index in [2.05, 4.69) is 5.32 Å². The molecule has 1 spiro atoms. The average Bonchev–Trinajstić information content (AvgIpc) is 2.59. The summed E-state index contributed by atoms with van der Waals surface area (Å²) in [4.78, 5) is 11.8. The predicted molar refractivity (Wildman–Crippen MR) is 69.4 cm³/mol. The number of hydrogen-bond acceptors (Lipinski definition) is 4. The molecule has 0 aromatic rings. The summed E-state index contributed by atoms with van der Waals surface area (Å²) in [6.45, 7) is 7.75. The van der Waals surface area contributed by atoms with E-state index < -0.39 is 5.60 Å². The first kappa shape index (κ1) is 13.8. The fraction of sp³-hybridized carbons (Fsp3) is 0.929. The van der Waals surface area contributed by atoms with E-state index in [9.17, 15) is 4.79 Å². The first-order valence-electron chi connectivity index (χ1n) is 6.99. The molecule has 2 heterocycles. The van der Waals surface area contributed by atoms with Crippen molar-refractivity contribution in [2.75, 3.05) is 13.1 Å². The van der Waals surface area contributed by atoms with Crippen molar-refractivity contribution >= 4 is 5.97 Å². The van der Waals surface area contributed by atoms with E-state index in [1.54, 1.807) is 0 Å². The van der Waals surface area contributed by atoms with Crippen LogP contribution in [0.15, 0.2) is 0 Å². The van der Waals surface area contributed by atoms with Crippen LogP contribution in [0, 0.1) is 0 Å². The van der Waals surface area contributed by atoms with Gasteiger partial charge in [-0.15, -0.1) is 0 Å². The number of rotatable bonds is 2. The Kier molecular flexibility index (Phi) is 3.97. The molecule has 2 rings (SSSR count). The summed E-state index contributed by atoms with van der Waals surface area (Å²) in [6, 6.07) is 0.